The summed E-state index contributed by atoms with van der Waals surface area (Å²) >= 11 is 0. The number of rotatable bonds is 7. The average Bonchev–Trinajstić information content (AvgIpc) is 3.39. The first-order valence-electron chi connectivity index (χ1n) is 12.3. The number of fused-ring (bicyclic) bond motifs is 3. The van der Waals surface area contributed by atoms with Crippen molar-refractivity contribution in [3.8, 4) is 0 Å². The van der Waals surface area contributed by atoms with Crippen molar-refractivity contribution in [2.24, 2.45) is 47.3 Å². The molecule has 9 nitrogen and oxygen atoms in total. The van der Waals surface area contributed by atoms with Crippen LogP contribution in [0.2, 0.25) is 0 Å². The second kappa shape index (κ2) is 8.64. The summed E-state index contributed by atoms with van der Waals surface area (Å²) in [5.41, 5.74) is 0. The van der Waals surface area contributed by atoms with Crippen LogP contribution in [0, 0.1) is 47.3 Å². The van der Waals surface area contributed by atoms with Crippen LogP contribution in [0.4, 0.5) is 8.78 Å². The lowest BCUT2D eigenvalue weighted by Gasteiger charge is -2.42. The highest BCUT2D eigenvalue weighted by atomic mass is 32.2. The molecule has 0 amide bonds. The smallest absolute Gasteiger partial charge is 0.465 e. The highest BCUT2D eigenvalue weighted by Gasteiger charge is 2.71. The molecule has 5 aliphatic rings. The Hall–Kier alpha value is -1.82. The normalized spacial score (nSPS) is 42.0. The van der Waals surface area contributed by atoms with Crippen LogP contribution < -0.4 is 0 Å². The van der Waals surface area contributed by atoms with Gasteiger partial charge in [0, 0.05) is 11.8 Å². The molecular formula is C23H30F2O9S. The molecule has 1 N–H and O–H groups in total. The van der Waals surface area contributed by atoms with Gasteiger partial charge in [0.2, 0.25) is 0 Å². The van der Waals surface area contributed by atoms with Crippen LogP contribution in [-0.4, -0.2) is 54.9 Å². The zero-order valence-electron chi connectivity index (χ0n) is 19.3. The molecule has 4 saturated carbocycles. The highest BCUT2D eigenvalue weighted by molar-refractivity contribution is 7.87. The van der Waals surface area contributed by atoms with Gasteiger partial charge >= 0.3 is 33.3 Å². The standard InChI is InChI=1S/C23H30F2O9S/c1-2-10-3-11-5-12(4-10)7-13(6-11)9-32-20(26)16-14-8-15-17(16)21(27)33-18(15)19(14)34-22(28)23(24,25)35(29,30)31/h10-19H,2-9H2,1H3,(H,29,30,31). The zero-order valence-corrected chi connectivity index (χ0v) is 20.1. The molecule has 35 heavy (non-hydrogen) atoms. The van der Waals surface area contributed by atoms with Gasteiger partial charge in [-0.3, -0.25) is 14.1 Å². The summed E-state index contributed by atoms with van der Waals surface area (Å²) in [6.07, 6.45) is 4.52. The van der Waals surface area contributed by atoms with E-state index in [-0.39, 0.29) is 18.9 Å². The lowest BCUT2D eigenvalue weighted by molar-refractivity contribution is -0.179. The minimum atomic E-state index is -6.05. The van der Waals surface area contributed by atoms with Gasteiger partial charge in [0.05, 0.1) is 18.4 Å². The quantitative estimate of drug-likeness (QED) is 0.305. The Labute approximate surface area is 202 Å². The van der Waals surface area contributed by atoms with E-state index in [0.29, 0.717) is 11.8 Å². The molecule has 8 atom stereocenters. The largest absolute Gasteiger partial charge is 0.465 e. The average molecular weight is 521 g/mol. The van der Waals surface area contributed by atoms with Crippen LogP contribution in [0.15, 0.2) is 0 Å². The number of alkyl halides is 2. The molecular weight excluding hydrogens is 490 g/mol. The third-order valence-electron chi connectivity index (χ3n) is 8.99. The number of ether oxygens (including phenoxy) is 3. The van der Waals surface area contributed by atoms with Crippen molar-refractivity contribution in [2.75, 3.05) is 6.61 Å². The summed E-state index contributed by atoms with van der Waals surface area (Å²) in [5.74, 6) is -4.71. The molecule has 196 valence electrons. The molecule has 5 rings (SSSR count). The molecule has 12 heteroatoms. The van der Waals surface area contributed by atoms with Gasteiger partial charge in [-0.1, -0.05) is 13.3 Å². The van der Waals surface area contributed by atoms with E-state index in [1.165, 1.54) is 25.7 Å². The fraction of sp³-hybridized carbons (Fsp3) is 0.870. The van der Waals surface area contributed by atoms with Gasteiger partial charge in [0.25, 0.3) is 0 Å². The Balaban J connectivity index is 1.24. The minimum absolute atomic E-state index is 0.215. The Bertz CT molecular complexity index is 1000. The van der Waals surface area contributed by atoms with Crippen LogP contribution in [-0.2, 0) is 38.7 Å². The Morgan fingerprint density at radius 1 is 1.06 bits per heavy atom. The van der Waals surface area contributed by atoms with Crippen LogP contribution in [0.5, 0.6) is 0 Å². The van der Waals surface area contributed by atoms with Crippen LogP contribution in [0.25, 0.3) is 0 Å². The topological polar surface area (TPSA) is 133 Å². The molecule has 1 aliphatic heterocycles. The van der Waals surface area contributed by atoms with Gasteiger partial charge in [-0.2, -0.15) is 17.2 Å². The predicted molar refractivity (Wildman–Crippen MR) is 113 cm³/mol. The van der Waals surface area contributed by atoms with Crippen LogP contribution >= 0.6 is 0 Å². The molecule has 4 bridgehead atoms. The molecule has 0 aromatic rings. The third-order valence-corrected chi connectivity index (χ3v) is 9.81. The predicted octanol–water partition coefficient (Wildman–Crippen LogP) is 2.58. The van der Waals surface area contributed by atoms with Crippen molar-refractivity contribution in [2.45, 2.75) is 69.3 Å². The number of hydrogen-bond donors (Lipinski definition) is 1. The lowest BCUT2D eigenvalue weighted by atomic mass is 9.64. The molecule has 1 heterocycles. The molecule has 1 saturated heterocycles. The summed E-state index contributed by atoms with van der Waals surface area (Å²) in [6, 6.07) is 0. The van der Waals surface area contributed by atoms with Crippen molar-refractivity contribution >= 4 is 28.0 Å². The van der Waals surface area contributed by atoms with Gasteiger partial charge in [0.15, 0.2) is 0 Å². The van der Waals surface area contributed by atoms with E-state index in [1.807, 2.05) is 0 Å². The summed E-state index contributed by atoms with van der Waals surface area (Å²) in [7, 11) is -6.05. The fourth-order valence-corrected chi connectivity index (χ4v) is 7.92. The highest BCUT2D eigenvalue weighted by Crippen LogP contribution is 2.59. The monoisotopic (exact) mass is 520 g/mol. The first-order chi connectivity index (χ1) is 16.4. The lowest BCUT2D eigenvalue weighted by Crippen LogP contribution is -2.48. The van der Waals surface area contributed by atoms with Gasteiger partial charge in [-0.25, -0.2) is 4.79 Å². The third kappa shape index (κ3) is 4.14. The Morgan fingerprint density at radius 2 is 1.69 bits per heavy atom. The van der Waals surface area contributed by atoms with E-state index in [9.17, 15) is 31.6 Å². The van der Waals surface area contributed by atoms with Crippen molar-refractivity contribution in [3.05, 3.63) is 0 Å². The van der Waals surface area contributed by atoms with Gasteiger partial charge in [-0.05, 0) is 62.2 Å². The Kier molecular flexibility index (Phi) is 6.13. The summed E-state index contributed by atoms with van der Waals surface area (Å²) in [5, 5.41) is -5.18. The first kappa shape index (κ1) is 24.9. The van der Waals surface area contributed by atoms with Gasteiger partial charge in [0.1, 0.15) is 12.2 Å². The van der Waals surface area contributed by atoms with Gasteiger partial charge in [-0.15, -0.1) is 0 Å². The molecule has 0 spiro atoms. The fourth-order valence-electron chi connectivity index (χ4n) is 7.66. The molecule has 5 fully saturated rings. The molecule has 0 radical (unpaired) electrons. The molecule has 0 aromatic heterocycles. The van der Waals surface area contributed by atoms with Crippen molar-refractivity contribution < 1.29 is 50.3 Å². The van der Waals surface area contributed by atoms with E-state index in [4.69, 9.17) is 18.8 Å². The SMILES string of the molecule is CCC1CC2CC(COC(=O)C3C4CC5C(OC(=O)C53)C4OC(=O)C(F)(F)S(=O)(=O)O)CC(C1)C2. The Morgan fingerprint density at radius 3 is 2.29 bits per heavy atom. The van der Waals surface area contributed by atoms with Crippen LogP contribution in [0.3, 0.4) is 0 Å². The van der Waals surface area contributed by atoms with Crippen LogP contribution in [0.1, 0.15) is 51.9 Å². The van der Waals surface area contributed by atoms with E-state index in [0.717, 1.165) is 18.8 Å². The number of halogens is 2. The van der Waals surface area contributed by atoms with E-state index in [1.54, 1.807) is 0 Å². The maximum atomic E-state index is 13.8. The van der Waals surface area contributed by atoms with Gasteiger partial charge < -0.3 is 14.2 Å². The summed E-state index contributed by atoms with van der Waals surface area (Å²) in [6.45, 7) is 2.43. The molecule has 8 unspecified atom stereocenters. The van der Waals surface area contributed by atoms with Crippen molar-refractivity contribution in [1.29, 1.82) is 0 Å². The summed E-state index contributed by atoms with van der Waals surface area (Å²) < 4.78 is 73.6. The number of esters is 3. The second-order valence-corrected chi connectivity index (χ2v) is 12.5. The van der Waals surface area contributed by atoms with E-state index < -0.39 is 69.2 Å². The number of carbonyl (C=O) groups is 3. The maximum absolute atomic E-state index is 13.8. The summed E-state index contributed by atoms with van der Waals surface area (Å²) in [4.78, 5) is 37.4. The first-order valence-corrected chi connectivity index (χ1v) is 13.8. The van der Waals surface area contributed by atoms with Crippen molar-refractivity contribution in [1.82, 2.24) is 0 Å². The van der Waals surface area contributed by atoms with E-state index >= 15 is 0 Å². The number of carbonyl (C=O) groups excluding carboxylic acids is 3. The number of hydrogen-bond acceptors (Lipinski definition) is 8. The zero-order chi connectivity index (χ0) is 25.3. The maximum Gasteiger partial charge on any atom is 0.465 e. The molecule has 4 aliphatic carbocycles. The second-order valence-electron chi connectivity index (χ2n) is 11.1. The van der Waals surface area contributed by atoms with E-state index in [2.05, 4.69) is 6.92 Å². The molecule has 0 aromatic carbocycles. The minimum Gasteiger partial charge on any atom is -0.465 e. The van der Waals surface area contributed by atoms with Crippen molar-refractivity contribution in [3.63, 3.8) is 0 Å².